The first-order valence-electron chi connectivity index (χ1n) is 6.99. The van der Waals surface area contributed by atoms with E-state index in [1.54, 1.807) is 18.2 Å². The van der Waals surface area contributed by atoms with Crippen LogP contribution in [-0.2, 0) is 0 Å². The van der Waals surface area contributed by atoms with Crippen molar-refractivity contribution in [3.05, 3.63) is 35.6 Å². The zero-order chi connectivity index (χ0) is 13.7. The summed E-state index contributed by atoms with van der Waals surface area (Å²) in [4.78, 5) is 2.18. The molecule has 2 atom stereocenters. The van der Waals surface area contributed by atoms with Crippen molar-refractivity contribution < 1.29 is 14.6 Å². The normalized spacial score (nSPS) is 22.4. The van der Waals surface area contributed by atoms with Crippen molar-refractivity contribution in [3.8, 4) is 0 Å². The molecule has 0 spiro atoms. The zero-order valence-corrected chi connectivity index (χ0v) is 11.1. The van der Waals surface area contributed by atoms with Gasteiger partial charge in [0.05, 0.1) is 6.10 Å². The molecule has 1 heterocycles. The molecule has 106 valence electrons. The van der Waals surface area contributed by atoms with Gasteiger partial charge in [-0.15, -0.1) is 0 Å². The maximum absolute atomic E-state index is 13.6. The zero-order valence-electron chi connectivity index (χ0n) is 11.1. The minimum absolute atomic E-state index is 0.164. The lowest BCUT2D eigenvalue weighted by atomic mass is 9.98. The fourth-order valence-electron chi connectivity index (χ4n) is 2.84. The molecular formula is C15H22FNO2. The Morgan fingerprint density at radius 1 is 1.32 bits per heavy atom. The fraction of sp³-hybridized carbons (Fsp3) is 0.600. The number of aliphatic hydroxyl groups excluding tert-OH is 2. The van der Waals surface area contributed by atoms with Gasteiger partial charge < -0.3 is 10.2 Å². The first-order valence-corrected chi connectivity index (χ1v) is 6.99. The molecule has 1 aromatic carbocycles. The Hall–Kier alpha value is -0.970. The van der Waals surface area contributed by atoms with Crippen LogP contribution in [0.5, 0.6) is 0 Å². The number of rotatable bonds is 5. The number of halogens is 1. The van der Waals surface area contributed by atoms with Gasteiger partial charge in [0, 0.05) is 24.8 Å². The molecule has 2 unspecified atom stereocenters. The Morgan fingerprint density at radius 3 is 2.84 bits per heavy atom. The molecule has 1 fully saturated rings. The summed E-state index contributed by atoms with van der Waals surface area (Å²) in [5.41, 5.74) is 0.357. The van der Waals surface area contributed by atoms with E-state index in [-0.39, 0.29) is 12.4 Å². The number of piperidine rings is 1. The van der Waals surface area contributed by atoms with Crippen molar-refractivity contribution in [1.29, 1.82) is 0 Å². The van der Waals surface area contributed by atoms with E-state index >= 15 is 0 Å². The second kappa shape index (κ2) is 6.98. The predicted octanol–water partition coefficient (Wildman–Crippen LogP) is 2.10. The third-order valence-corrected chi connectivity index (χ3v) is 3.88. The van der Waals surface area contributed by atoms with E-state index in [1.165, 1.54) is 6.07 Å². The van der Waals surface area contributed by atoms with Crippen LogP contribution in [0, 0.1) is 5.82 Å². The Balaban J connectivity index is 2.00. The number of β-amino-alcohol motifs (C(OH)–C–C–N with tert-alkyl or cyclic N) is 1. The summed E-state index contributed by atoms with van der Waals surface area (Å²) < 4.78 is 13.6. The summed E-state index contributed by atoms with van der Waals surface area (Å²) >= 11 is 0. The SMILES string of the molecule is OCCC1CCCCN1CC(O)c1ccccc1F. The van der Waals surface area contributed by atoms with Gasteiger partial charge in [-0.05, 0) is 31.9 Å². The molecular weight excluding hydrogens is 245 g/mol. The number of hydrogen-bond acceptors (Lipinski definition) is 3. The first-order chi connectivity index (χ1) is 9.22. The van der Waals surface area contributed by atoms with Crippen LogP contribution in [0.15, 0.2) is 24.3 Å². The number of benzene rings is 1. The Bertz CT molecular complexity index is 397. The van der Waals surface area contributed by atoms with Gasteiger partial charge in [0.25, 0.3) is 0 Å². The summed E-state index contributed by atoms with van der Waals surface area (Å²) in [6.07, 6.45) is 3.23. The second-order valence-electron chi connectivity index (χ2n) is 5.19. The third-order valence-electron chi connectivity index (χ3n) is 3.88. The van der Waals surface area contributed by atoms with Crippen LogP contribution in [0.3, 0.4) is 0 Å². The van der Waals surface area contributed by atoms with Crippen molar-refractivity contribution in [3.63, 3.8) is 0 Å². The molecule has 1 aliphatic heterocycles. The fourth-order valence-corrected chi connectivity index (χ4v) is 2.84. The Morgan fingerprint density at radius 2 is 2.11 bits per heavy atom. The van der Waals surface area contributed by atoms with Crippen molar-refractivity contribution in [2.24, 2.45) is 0 Å². The van der Waals surface area contributed by atoms with Crippen molar-refractivity contribution in [2.75, 3.05) is 19.7 Å². The second-order valence-corrected chi connectivity index (χ2v) is 5.19. The molecule has 4 heteroatoms. The third kappa shape index (κ3) is 3.75. The van der Waals surface area contributed by atoms with E-state index in [4.69, 9.17) is 5.11 Å². The predicted molar refractivity (Wildman–Crippen MR) is 72.3 cm³/mol. The van der Waals surface area contributed by atoms with Crippen LogP contribution >= 0.6 is 0 Å². The molecule has 19 heavy (non-hydrogen) atoms. The molecule has 2 N–H and O–H groups in total. The van der Waals surface area contributed by atoms with Gasteiger partial charge in [-0.25, -0.2) is 4.39 Å². The highest BCUT2D eigenvalue weighted by Gasteiger charge is 2.25. The van der Waals surface area contributed by atoms with Gasteiger partial charge in [0.2, 0.25) is 0 Å². The number of aliphatic hydroxyl groups is 2. The summed E-state index contributed by atoms with van der Waals surface area (Å²) in [5.74, 6) is -0.356. The highest BCUT2D eigenvalue weighted by atomic mass is 19.1. The van der Waals surface area contributed by atoms with Crippen LogP contribution in [0.2, 0.25) is 0 Å². The largest absolute Gasteiger partial charge is 0.396 e. The van der Waals surface area contributed by atoms with Gasteiger partial charge in [-0.3, -0.25) is 4.90 Å². The average Bonchev–Trinajstić information content (AvgIpc) is 2.41. The quantitative estimate of drug-likeness (QED) is 0.858. The monoisotopic (exact) mass is 267 g/mol. The van der Waals surface area contributed by atoms with Crippen LogP contribution in [0.4, 0.5) is 4.39 Å². The average molecular weight is 267 g/mol. The molecule has 0 bridgehead atoms. The molecule has 0 aliphatic carbocycles. The van der Waals surface area contributed by atoms with Gasteiger partial charge >= 0.3 is 0 Å². The number of hydrogen-bond donors (Lipinski definition) is 2. The minimum Gasteiger partial charge on any atom is -0.396 e. The molecule has 0 amide bonds. The maximum atomic E-state index is 13.6. The van der Waals surface area contributed by atoms with E-state index in [1.807, 2.05) is 0 Å². The summed E-state index contributed by atoms with van der Waals surface area (Å²) in [5, 5.41) is 19.3. The smallest absolute Gasteiger partial charge is 0.129 e. The van der Waals surface area contributed by atoms with E-state index in [2.05, 4.69) is 4.90 Å². The lowest BCUT2D eigenvalue weighted by Gasteiger charge is -2.36. The first kappa shape index (κ1) is 14.4. The summed E-state index contributed by atoms with van der Waals surface area (Å²) in [6.45, 7) is 1.51. The van der Waals surface area contributed by atoms with Gasteiger partial charge in [-0.1, -0.05) is 24.6 Å². The molecule has 1 aliphatic rings. The number of likely N-dealkylation sites (tertiary alicyclic amines) is 1. The van der Waals surface area contributed by atoms with Crippen LogP contribution < -0.4 is 0 Å². The van der Waals surface area contributed by atoms with Crippen molar-refractivity contribution in [2.45, 2.75) is 37.8 Å². The highest BCUT2D eigenvalue weighted by Crippen LogP contribution is 2.24. The maximum Gasteiger partial charge on any atom is 0.129 e. The standard InChI is InChI=1S/C15H22FNO2/c16-14-7-2-1-6-13(14)15(19)11-17-9-4-3-5-12(17)8-10-18/h1-2,6-7,12,15,18-19H,3-5,8-11H2. The van der Waals surface area contributed by atoms with Crippen LogP contribution in [0.1, 0.15) is 37.4 Å². The lowest BCUT2D eigenvalue weighted by molar-refractivity contribution is 0.0550. The molecule has 0 radical (unpaired) electrons. The highest BCUT2D eigenvalue weighted by molar-refractivity contribution is 5.20. The van der Waals surface area contributed by atoms with Crippen molar-refractivity contribution in [1.82, 2.24) is 4.90 Å². The summed E-state index contributed by atoms with van der Waals surface area (Å²) in [7, 11) is 0. The summed E-state index contributed by atoms with van der Waals surface area (Å²) in [6, 6.07) is 6.68. The van der Waals surface area contributed by atoms with Gasteiger partial charge in [-0.2, -0.15) is 0 Å². The van der Waals surface area contributed by atoms with E-state index in [9.17, 15) is 9.50 Å². The molecule has 3 nitrogen and oxygen atoms in total. The van der Waals surface area contributed by atoms with E-state index in [0.717, 1.165) is 32.2 Å². The molecule has 1 saturated heterocycles. The molecule has 1 aromatic rings. The Kier molecular flexibility index (Phi) is 5.31. The topological polar surface area (TPSA) is 43.7 Å². The number of nitrogens with zero attached hydrogens (tertiary/aromatic N) is 1. The lowest BCUT2D eigenvalue weighted by Crippen LogP contribution is -2.42. The van der Waals surface area contributed by atoms with E-state index < -0.39 is 6.10 Å². The van der Waals surface area contributed by atoms with Gasteiger partial charge in [0.15, 0.2) is 0 Å². The Labute approximate surface area is 113 Å². The molecule has 0 saturated carbocycles. The van der Waals surface area contributed by atoms with Crippen LogP contribution in [0.25, 0.3) is 0 Å². The molecule has 0 aromatic heterocycles. The van der Waals surface area contributed by atoms with Gasteiger partial charge in [0.1, 0.15) is 5.82 Å². The van der Waals surface area contributed by atoms with E-state index in [0.29, 0.717) is 18.2 Å². The van der Waals surface area contributed by atoms with Crippen molar-refractivity contribution >= 4 is 0 Å². The minimum atomic E-state index is -0.805. The van der Waals surface area contributed by atoms with Crippen LogP contribution in [-0.4, -0.2) is 40.9 Å². The molecule has 2 rings (SSSR count).